The van der Waals surface area contributed by atoms with Crippen LogP contribution in [0.4, 0.5) is 0 Å². The SMILES string of the molecule is COCCC(=O)NC(C)C1CCNC1. The van der Waals surface area contributed by atoms with Gasteiger partial charge in [0.15, 0.2) is 0 Å². The first-order chi connectivity index (χ1) is 6.74. The van der Waals surface area contributed by atoms with Crippen molar-refractivity contribution in [1.82, 2.24) is 10.6 Å². The lowest BCUT2D eigenvalue weighted by Gasteiger charge is -2.19. The summed E-state index contributed by atoms with van der Waals surface area (Å²) < 4.78 is 4.85. The van der Waals surface area contributed by atoms with Crippen LogP contribution in [0.1, 0.15) is 19.8 Å². The van der Waals surface area contributed by atoms with Gasteiger partial charge < -0.3 is 15.4 Å². The van der Waals surface area contributed by atoms with Crippen molar-refractivity contribution in [3.63, 3.8) is 0 Å². The molecule has 2 unspecified atom stereocenters. The lowest BCUT2D eigenvalue weighted by Crippen LogP contribution is -2.39. The highest BCUT2D eigenvalue weighted by Crippen LogP contribution is 2.12. The molecule has 0 aromatic carbocycles. The van der Waals surface area contributed by atoms with Crippen LogP contribution in [-0.2, 0) is 9.53 Å². The van der Waals surface area contributed by atoms with E-state index in [2.05, 4.69) is 17.6 Å². The predicted molar refractivity (Wildman–Crippen MR) is 55.1 cm³/mol. The molecule has 0 saturated carbocycles. The summed E-state index contributed by atoms with van der Waals surface area (Å²) in [5, 5.41) is 6.29. The van der Waals surface area contributed by atoms with Crippen LogP contribution in [0.15, 0.2) is 0 Å². The van der Waals surface area contributed by atoms with E-state index in [1.807, 2.05) is 0 Å². The van der Waals surface area contributed by atoms with Gasteiger partial charge >= 0.3 is 0 Å². The molecule has 1 aliphatic heterocycles. The van der Waals surface area contributed by atoms with Crippen LogP contribution in [0, 0.1) is 5.92 Å². The number of nitrogens with one attached hydrogen (secondary N) is 2. The monoisotopic (exact) mass is 200 g/mol. The van der Waals surface area contributed by atoms with Gasteiger partial charge in [-0.2, -0.15) is 0 Å². The Balaban J connectivity index is 2.18. The molecular formula is C10H20N2O2. The number of carbonyl (C=O) groups is 1. The van der Waals surface area contributed by atoms with Crippen molar-refractivity contribution in [2.45, 2.75) is 25.8 Å². The maximum absolute atomic E-state index is 11.4. The van der Waals surface area contributed by atoms with Crippen LogP contribution in [0.3, 0.4) is 0 Å². The Labute approximate surface area is 85.4 Å². The molecule has 4 nitrogen and oxygen atoms in total. The molecule has 0 aromatic heterocycles. The molecule has 1 aliphatic rings. The van der Waals surface area contributed by atoms with Gasteiger partial charge in [0.1, 0.15) is 0 Å². The number of amides is 1. The number of ether oxygens (including phenoxy) is 1. The molecule has 82 valence electrons. The number of carbonyl (C=O) groups excluding carboxylic acids is 1. The summed E-state index contributed by atoms with van der Waals surface area (Å²) in [7, 11) is 1.61. The fourth-order valence-electron chi connectivity index (χ4n) is 1.74. The Morgan fingerprint density at radius 1 is 1.71 bits per heavy atom. The third-order valence-electron chi connectivity index (χ3n) is 2.73. The molecular weight excluding hydrogens is 180 g/mol. The van der Waals surface area contributed by atoms with Gasteiger partial charge in [0, 0.05) is 19.6 Å². The lowest BCUT2D eigenvalue weighted by molar-refractivity contribution is -0.122. The quantitative estimate of drug-likeness (QED) is 0.663. The lowest BCUT2D eigenvalue weighted by atomic mass is 10.0. The Bertz CT molecular complexity index is 179. The van der Waals surface area contributed by atoms with Crippen molar-refractivity contribution in [3.05, 3.63) is 0 Å². The second kappa shape index (κ2) is 5.98. The standard InChI is InChI=1S/C10H20N2O2/c1-8(9-3-5-11-7-9)12-10(13)4-6-14-2/h8-9,11H,3-7H2,1-2H3,(H,12,13). The molecule has 0 spiro atoms. The average molecular weight is 200 g/mol. The van der Waals surface area contributed by atoms with E-state index in [9.17, 15) is 4.79 Å². The first-order valence-corrected chi connectivity index (χ1v) is 5.23. The van der Waals surface area contributed by atoms with E-state index in [0.29, 0.717) is 18.9 Å². The third-order valence-corrected chi connectivity index (χ3v) is 2.73. The summed E-state index contributed by atoms with van der Waals surface area (Å²) in [5.74, 6) is 0.674. The van der Waals surface area contributed by atoms with Crippen molar-refractivity contribution in [2.24, 2.45) is 5.92 Å². The summed E-state index contributed by atoms with van der Waals surface area (Å²) in [5.41, 5.74) is 0. The maximum atomic E-state index is 11.4. The summed E-state index contributed by atoms with van der Waals surface area (Å²) in [6.07, 6.45) is 1.62. The summed E-state index contributed by atoms with van der Waals surface area (Å²) >= 11 is 0. The molecule has 2 atom stereocenters. The molecule has 1 saturated heterocycles. The van der Waals surface area contributed by atoms with E-state index in [4.69, 9.17) is 4.74 Å². The molecule has 0 aromatic rings. The van der Waals surface area contributed by atoms with Crippen LogP contribution >= 0.6 is 0 Å². The van der Waals surface area contributed by atoms with Crippen LogP contribution in [0.5, 0.6) is 0 Å². The molecule has 0 bridgehead atoms. The summed E-state index contributed by atoms with van der Waals surface area (Å²) in [6, 6.07) is 0.273. The molecule has 2 N–H and O–H groups in total. The topological polar surface area (TPSA) is 50.4 Å². The van der Waals surface area contributed by atoms with Gasteiger partial charge in [-0.05, 0) is 32.4 Å². The molecule has 1 rings (SSSR count). The van der Waals surface area contributed by atoms with Gasteiger partial charge in [-0.3, -0.25) is 4.79 Å². The van der Waals surface area contributed by atoms with Gasteiger partial charge in [0.2, 0.25) is 5.91 Å². The van der Waals surface area contributed by atoms with Gasteiger partial charge in [0.25, 0.3) is 0 Å². The highest BCUT2D eigenvalue weighted by Gasteiger charge is 2.22. The van der Waals surface area contributed by atoms with Crippen molar-refractivity contribution in [3.8, 4) is 0 Å². The minimum absolute atomic E-state index is 0.0891. The van der Waals surface area contributed by atoms with E-state index in [1.165, 1.54) is 0 Å². The normalized spacial score (nSPS) is 23.4. The van der Waals surface area contributed by atoms with Crippen molar-refractivity contribution < 1.29 is 9.53 Å². The van der Waals surface area contributed by atoms with Gasteiger partial charge in [0.05, 0.1) is 6.61 Å². The first-order valence-electron chi connectivity index (χ1n) is 5.23. The van der Waals surface area contributed by atoms with Gasteiger partial charge in [-0.1, -0.05) is 0 Å². The zero-order chi connectivity index (χ0) is 10.4. The maximum Gasteiger partial charge on any atom is 0.222 e. The number of hydrogen-bond acceptors (Lipinski definition) is 3. The second-order valence-electron chi connectivity index (χ2n) is 3.85. The Kier molecular flexibility index (Phi) is 4.90. The third kappa shape index (κ3) is 3.64. The molecule has 14 heavy (non-hydrogen) atoms. The minimum atomic E-state index is 0.0891. The molecule has 1 amide bonds. The zero-order valence-corrected chi connectivity index (χ0v) is 9.01. The minimum Gasteiger partial charge on any atom is -0.384 e. The number of methoxy groups -OCH3 is 1. The smallest absolute Gasteiger partial charge is 0.222 e. The largest absolute Gasteiger partial charge is 0.384 e. The fourth-order valence-corrected chi connectivity index (χ4v) is 1.74. The van der Waals surface area contributed by atoms with E-state index >= 15 is 0 Å². The zero-order valence-electron chi connectivity index (χ0n) is 9.01. The molecule has 0 radical (unpaired) electrons. The van der Waals surface area contributed by atoms with E-state index in [0.717, 1.165) is 19.5 Å². The Hall–Kier alpha value is -0.610. The first kappa shape index (κ1) is 11.5. The Morgan fingerprint density at radius 2 is 2.50 bits per heavy atom. The van der Waals surface area contributed by atoms with Crippen LogP contribution in [0.2, 0.25) is 0 Å². The molecule has 0 aliphatic carbocycles. The van der Waals surface area contributed by atoms with E-state index in [1.54, 1.807) is 7.11 Å². The summed E-state index contributed by atoms with van der Waals surface area (Å²) in [4.78, 5) is 11.4. The molecule has 4 heteroatoms. The summed E-state index contributed by atoms with van der Waals surface area (Å²) in [6.45, 7) is 4.67. The fraction of sp³-hybridized carbons (Fsp3) is 0.900. The second-order valence-corrected chi connectivity index (χ2v) is 3.85. The van der Waals surface area contributed by atoms with Crippen LogP contribution in [0.25, 0.3) is 0 Å². The molecule has 1 heterocycles. The number of hydrogen-bond donors (Lipinski definition) is 2. The van der Waals surface area contributed by atoms with Crippen LogP contribution < -0.4 is 10.6 Å². The molecule has 1 fully saturated rings. The van der Waals surface area contributed by atoms with Crippen molar-refractivity contribution in [2.75, 3.05) is 26.8 Å². The van der Waals surface area contributed by atoms with Crippen LogP contribution in [-0.4, -0.2) is 38.8 Å². The van der Waals surface area contributed by atoms with Crippen molar-refractivity contribution in [1.29, 1.82) is 0 Å². The average Bonchev–Trinajstić information content (AvgIpc) is 2.67. The van der Waals surface area contributed by atoms with Gasteiger partial charge in [-0.25, -0.2) is 0 Å². The number of rotatable bonds is 5. The predicted octanol–water partition coefficient (Wildman–Crippen LogP) is 0.137. The van der Waals surface area contributed by atoms with E-state index in [-0.39, 0.29) is 11.9 Å². The van der Waals surface area contributed by atoms with Crippen molar-refractivity contribution >= 4 is 5.91 Å². The van der Waals surface area contributed by atoms with E-state index < -0.39 is 0 Å². The highest BCUT2D eigenvalue weighted by molar-refractivity contribution is 5.76. The van der Waals surface area contributed by atoms with Gasteiger partial charge in [-0.15, -0.1) is 0 Å². The highest BCUT2D eigenvalue weighted by atomic mass is 16.5. The Morgan fingerprint density at radius 3 is 3.07 bits per heavy atom.